The maximum Gasteiger partial charge on any atom is 0.248 e. The number of rotatable bonds is 2. The Kier molecular flexibility index (Phi) is 2.38. The molecule has 3 rings (SSSR count). The molecule has 1 amide bonds. The van der Waals surface area contributed by atoms with E-state index in [9.17, 15) is 4.79 Å². The molecule has 3 nitrogen and oxygen atoms in total. The lowest BCUT2D eigenvalue weighted by Crippen LogP contribution is -2.10. The summed E-state index contributed by atoms with van der Waals surface area (Å²) in [5.41, 5.74) is 8.83. The van der Waals surface area contributed by atoms with Crippen molar-refractivity contribution in [3.05, 3.63) is 60.2 Å². The summed E-state index contributed by atoms with van der Waals surface area (Å²) < 4.78 is 0. The summed E-state index contributed by atoms with van der Waals surface area (Å²) in [7, 11) is 0. The highest BCUT2D eigenvalue weighted by atomic mass is 16.1. The Bertz CT molecular complexity index is 695. The van der Waals surface area contributed by atoms with Crippen molar-refractivity contribution in [1.29, 1.82) is 0 Å². The molecule has 0 fully saturated rings. The number of aromatic nitrogens is 1. The van der Waals surface area contributed by atoms with E-state index in [0.29, 0.717) is 5.56 Å². The Morgan fingerprint density at radius 2 is 1.83 bits per heavy atom. The van der Waals surface area contributed by atoms with Crippen molar-refractivity contribution in [2.24, 2.45) is 5.73 Å². The number of amides is 1. The highest BCUT2D eigenvalue weighted by molar-refractivity contribution is 5.94. The highest BCUT2D eigenvalue weighted by Gasteiger charge is 2.05. The molecule has 18 heavy (non-hydrogen) atoms. The summed E-state index contributed by atoms with van der Waals surface area (Å²) in [6.45, 7) is 0. The second-order valence-corrected chi connectivity index (χ2v) is 4.22. The average Bonchev–Trinajstić information content (AvgIpc) is 2.82. The van der Waals surface area contributed by atoms with Crippen LogP contribution in [0, 0.1) is 0 Å². The fourth-order valence-corrected chi connectivity index (χ4v) is 2.07. The number of carbonyl (C=O) groups is 1. The van der Waals surface area contributed by atoms with Gasteiger partial charge in [0, 0.05) is 22.2 Å². The summed E-state index contributed by atoms with van der Waals surface area (Å²) in [4.78, 5) is 14.5. The molecule has 0 saturated carbocycles. The van der Waals surface area contributed by atoms with Gasteiger partial charge >= 0.3 is 0 Å². The van der Waals surface area contributed by atoms with E-state index in [0.717, 1.165) is 22.2 Å². The number of aromatic amines is 1. The van der Waals surface area contributed by atoms with Crippen LogP contribution in [0.25, 0.3) is 22.2 Å². The van der Waals surface area contributed by atoms with Crippen LogP contribution in [0.3, 0.4) is 0 Å². The standard InChI is InChI=1S/C15H12N2O/c16-15(18)12-6-3-5-10(8-12)14-9-11-4-1-2-7-13(11)17-14/h1-9,17H,(H2,16,18). The van der Waals surface area contributed by atoms with Gasteiger partial charge in [0.25, 0.3) is 0 Å². The van der Waals surface area contributed by atoms with Crippen molar-refractivity contribution >= 4 is 16.8 Å². The van der Waals surface area contributed by atoms with Crippen LogP contribution in [0.5, 0.6) is 0 Å². The molecule has 0 aliphatic carbocycles. The van der Waals surface area contributed by atoms with Gasteiger partial charge in [-0.05, 0) is 29.8 Å². The molecule has 3 aromatic rings. The first-order chi connectivity index (χ1) is 8.74. The fourth-order valence-electron chi connectivity index (χ4n) is 2.07. The maximum absolute atomic E-state index is 11.2. The van der Waals surface area contributed by atoms with Gasteiger partial charge in [-0.1, -0.05) is 30.3 Å². The zero-order valence-corrected chi connectivity index (χ0v) is 9.68. The van der Waals surface area contributed by atoms with Crippen LogP contribution in [0.4, 0.5) is 0 Å². The van der Waals surface area contributed by atoms with Gasteiger partial charge in [-0.15, -0.1) is 0 Å². The minimum absolute atomic E-state index is 0.409. The van der Waals surface area contributed by atoms with Crippen molar-refractivity contribution in [3.63, 3.8) is 0 Å². The lowest BCUT2D eigenvalue weighted by atomic mass is 10.1. The van der Waals surface area contributed by atoms with Crippen LogP contribution in [0.2, 0.25) is 0 Å². The molecule has 0 aliphatic heterocycles. The van der Waals surface area contributed by atoms with E-state index in [1.54, 1.807) is 12.1 Å². The van der Waals surface area contributed by atoms with E-state index in [2.05, 4.69) is 11.1 Å². The van der Waals surface area contributed by atoms with E-state index in [4.69, 9.17) is 5.73 Å². The second-order valence-electron chi connectivity index (χ2n) is 4.22. The molecule has 0 bridgehead atoms. The predicted octanol–water partition coefficient (Wildman–Crippen LogP) is 2.93. The quantitative estimate of drug-likeness (QED) is 0.706. The molecule has 0 unspecified atom stereocenters. The number of para-hydroxylation sites is 1. The summed E-state index contributed by atoms with van der Waals surface area (Å²) in [6.07, 6.45) is 0. The van der Waals surface area contributed by atoms with E-state index < -0.39 is 5.91 Å². The molecule has 3 N–H and O–H groups in total. The number of benzene rings is 2. The number of H-pyrrole nitrogens is 1. The van der Waals surface area contributed by atoms with Crippen LogP contribution in [-0.2, 0) is 0 Å². The molecule has 88 valence electrons. The molecule has 0 spiro atoms. The normalized spacial score (nSPS) is 10.7. The smallest absolute Gasteiger partial charge is 0.248 e. The average molecular weight is 236 g/mol. The summed E-state index contributed by atoms with van der Waals surface area (Å²) in [5, 5.41) is 1.15. The van der Waals surface area contributed by atoms with Gasteiger partial charge in [0.2, 0.25) is 5.91 Å². The van der Waals surface area contributed by atoms with Crippen molar-refractivity contribution in [2.45, 2.75) is 0 Å². The monoisotopic (exact) mass is 236 g/mol. The number of fused-ring (bicyclic) bond motifs is 1. The largest absolute Gasteiger partial charge is 0.366 e. The van der Waals surface area contributed by atoms with E-state index in [1.165, 1.54) is 0 Å². The summed E-state index contributed by atoms with van der Waals surface area (Å²) >= 11 is 0. The molecule has 1 heterocycles. The Labute approximate surface area is 104 Å². The third kappa shape index (κ3) is 1.76. The van der Waals surface area contributed by atoms with Crippen LogP contribution < -0.4 is 5.73 Å². The third-order valence-electron chi connectivity index (χ3n) is 2.99. The molecular weight excluding hydrogens is 224 g/mol. The van der Waals surface area contributed by atoms with E-state index in [1.807, 2.05) is 36.4 Å². The van der Waals surface area contributed by atoms with Gasteiger partial charge in [-0.2, -0.15) is 0 Å². The van der Waals surface area contributed by atoms with Crippen LogP contribution >= 0.6 is 0 Å². The number of carbonyl (C=O) groups excluding carboxylic acids is 1. The topological polar surface area (TPSA) is 58.9 Å². The highest BCUT2D eigenvalue weighted by Crippen LogP contribution is 2.24. The number of hydrogen-bond acceptors (Lipinski definition) is 1. The van der Waals surface area contributed by atoms with E-state index >= 15 is 0 Å². The van der Waals surface area contributed by atoms with Crippen molar-refractivity contribution < 1.29 is 4.79 Å². The number of hydrogen-bond donors (Lipinski definition) is 2. The number of nitrogens with one attached hydrogen (secondary N) is 1. The Morgan fingerprint density at radius 3 is 2.61 bits per heavy atom. The Hall–Kier alpha value is -2.55. The fraction of sp³-hybridized carbons (Fsp3) is 0. The SMILES string of the molecule is NC(=O)c1cccc(-c2cc3ccccc3[nH]2)c1. The Morgan fingerprint density at radius 1 is 1.00 bits per heavy atom. The molecule has 2 aromatic carbocycles. The Balaban J connectivity index is 2.13. The van der Waals surface area contributed by atoms with Crippen molar-refractivity contribution in [1.82, 2.24) is 4.98 Å². The molecule has 0 radical (unpaired) electrons. The van der Waals surface area contributed by atoms with Gasteiger partial charge in [-0.3, -0.25) is 4.79 Å². The zero-order valence-electron chi connectivity index (χ0n) is 9.68. The van der Waals surface area contributed by atoms with Crippen molar-refractivity contribution in [2.75, 3.05) is 0 Å². The number of primary amides is 1. The molecular formula is C15H12N2O. The number of nitrogens with two attached hydrogens (primary N) is 1. The maximum atomic E-state index is 11.2. The molecule has 0 saturated heterocycles. The summed E-state index contributed by atoms with van der Waals surface area (Å²) in [6, 6.07) is 17.4. The summed E-state index contributed by atoms with van der Waals surface area (Å²) in [5.74, 6) is -0.409. The van der Waals surface area contributed by atoms with Crippen molar-refractivity contribution in [3.8, 4) is 11.3 Å². The van der Waals surface area contributed by atoms with Gasteiger partial charge in [0.05, 0.1) is 0 Å². The van der Waals surface area contributed by atoms with E-state index in [-0.39, 0.29) is 0 Å². The first-order valence-corrected chi connectivity index (χ1v) is 5.72. The van der Waals surface area contributed by atoms with Gasteiger partial charge in [0.15, 0.2) is 0 Å². The molecule has 3 heteroatoms. The minimum atomic E-state index is -0.409. The minimum Gasteiger partial charge on any atom is -0.366 e. The van der Waals surface area contributed by atoms with Crippen LogP contribution in [0.1, 0.15) is 10.4 Å². The molecule has 0 aliphatic rings. The van der Waals surface area contributed by atoms with Gasteiger partial charge in [-0.25, -0.2) is 0 Å². The molecule has 0 atom stereocenters. The van der Waals surface area contributed by atoms with Gasteiger partial charge < -0.3 is 10.7 Å². The lowest BCUT2D eigenvalue weighted by Gasteiger charge is -2.00. The first kappa shape index (κ1) is 10.6. The third-order valence-corrected chi connectivity index (χ3v) is 2.99. The van der Waals surface area contributed by atoms with Gasteiger partial charge in [0.1, 0.15) is 0 Å². The molecule has 1 aromatic heterocycles. The van der Waals surface area contributed by atoms with Crippen LogP contribution in [-0.4, -0.2) is 10.9 Å². The predicted molar refractivity (Wildman–Crippen MR) is 72.3 cm³/mol. The lowest BCUT2D eigenvalue weighted by molar-refractivity contribution is 0.100. The zero-order chi connectivity index (χ0) is 12.5. The first-order valence-electron chi connectivity index (χ1n) is 5.72. The second kappa shape index (κ2) is 4.04. The van der Waals surface area contributed by atoms with Crippen LogP contribution in [0.15, 0.2) is 54.6 Å².